The molecular formula is C12H21N5O2. The second-order valence-electron chi connectivity index (χ2n) is 4.96. The van der Waals surface area contributed by atoms with Crippen LogP contribution in [0.5, 0.6) is 0 Å². The summed E-state index contributed by atoms with van der Waals surface area (Å²) in [5, 5.41) is 14.1. The van der Waals surface area contributed by atoms with E-state index in [0.29, 0.717) is 18.4 Å². The topological polar surface area (TPSA) is 76.2 Å². The lowest BCUT2D eigenvalue weighted by molar-refractivity contribution is -0.392. The average Bonchev–Trinajstić information content (AvgIpc) is 2.94. The Morgan fingerprint density at radius 2 is 2.37 bits per heavy atom. The van der Waals surface area contributed by atoms with Gasteiger partial charge < -0.3 is 15.4 Å². The highest BCUT2D eigenvalue weighted by atomic mass is 16.6. The first-order chi connectivity index (χ1) is 9.13. The summed E-state index contributed by atoms with van der Waals surface area (Å²) in [4.78, 5) is 17.0. The highest BCUT2D eigenvalue weighted by Crippen LogP contribution is 2.18. The molecule has 19 heavy (non-hydrogen) atoms. The predicted molar refractivity (Wildman–Crippen MR) is 72.1 cm³/mol. The van der Waals surface area contributed by atoms with E-state index in [4.69, 9.17) is 0 Å². The third-order valence-electron chi connectivity index (χ3n) is 3.77. The zero-order valence-corrected chi connectivity index (χ0v) is 11.5. The summed E-state index contributed by atoms with van der Waals surface area (Å²) in [7, 11) is 1.96. The van der Waals surface area contributed by atoms with E-state index in [1.165, 1.54) is 19.0 Å². The van der Waals surface area contributed by atoms with Gasteiger partial charge in [-0.2, -0.15) is 0 Å². The largest absolute Gasteiger partial charge is 0.358 e. The van der Waals surface area contributed by atoms with Crippen LogP contribution >= 0.6 is 0 Å². The average molecular weight is 267 g/mol. The molecule has 1 aliphatic heterocycles. The molecule has 0 bridgehead atoms. The summed E-state index contributed by atoms with van der Waals surface area (Å²) in [6, 6.07) is 0.549. The molecule has 7 heteroatoms. The van der Waals surface area contributed by atoms with Crippen LogP contribution in [0.4, 0.5) is 5.82 Å². The van der Waals surface area contributed by atoms with Gasteiger partial charge in [-0.15, -0.1) is 0 Å². The third-order valence-corrected chi connectivity index (χ3v) is 3.77. The molecule has 1 unspecified atom stereocenters. The fourth-order valence-electron chi connectivity index (χ4n) is 2.76. The second-order valence-corrected chi connectivity index (χ2v) is 4.96. The number of likely N-dealkylation sites (tertiary alicyclic amines) is 1. The lowest BCUT2D eigenvalue weighted by Crippen LogP contribution is -2.38. The number of hydrogen-bond donors (Lipinski definition) is 1. The predicted octanol–water partition coefficient (Wildman–Crippen LogP) is 0.784. The van der Waals surface area contributed by atoms with Crippen LogP contribution < -0.4 is 5.32 Å². The summed E-state index contributed by atoms with van der Waals surface area (Å²) in [5.74, 6) is 0.790. The van der Waals surface area contributed by atoms with Crippen LogP contribution in [0.2, 0.25) is 0 Å². The molecule has 7 nitrogen and oxygen atoms in total. The number of rotatable bonds is 6. The van der Waals surface area contributed by atoms with Gasteiger partial charge in [0.15, 0.2) is 5.82 Å². The van der Waals surface area contributed by atoms with Gasteiger partial charge in [-0.3, -0.25) is 4.90 Å². The zero-order valence-electron chi connectivity index (χ0n) is 11.5. The summed E-state index contributed by atoms with van der Waals surface area (Å²) < 4.78 is 1.69. The van der Waals surface area contributed by atoms with E-state index in [1.807, 2.05) is 14.0 Å². The van der Waals surface area contributed by atoms with Crippen molar-refractivity contribution in [3.05, 3.63) is 22.1 Å². The number of aromatic nitrogens is 2. The van der Waals surface area contributed by atoms with E-state index in [2.05, 4.69) is 15.2 Å². The molecule has 0 aromatic carbocycles. The Morgan fingerprint density at radius 3 is 3.05 bits per heavy atom. The molecule has 1 N–H and O–H groups in total. The minimum Gasteiger partial charge on any atom is -0.358 e. The Labute approximate surface area is 112 Å². The Balaban J connectivity index is 1.98. The first-order valence-corrected chi connectivity index (χ1v) is 6.68. The molecule has 1 aromatic heterocycles. The fourth-order valence-corrected chi connectivity index (χ4v) is 2.76. The molecule has 1 aliphatic rings. The van der Waals surface area contributed by atoms with E-state index < -0.39 is 0 Å². The van der Waals surface area contributed by atoms with Crippen molar-refractivity contribution in [3.63, 3.8) is 0 Å². The minimum atomic E-state index is -0.366. The summed E-state index contributed by atoms with van der Waals surface area (Å²) in [6.45, 7) is 5.33. The highest BCUT2D eigenvalue weighted by molar-refractivity contribution is 5.18. The van der Waals surface area contributed by atoms with E-state index >= 15 is 0 Å². The second kappa shape index (κ2) is 6.12. The summed E-state index contributed by atoms with van der Waals surface area (Å²) >= 11 is 0. The third kappa shape index (κ3) is 3.10. The molecule has 2 rings (SSSR count). The zero-order chi connectivity index (χ0) is 13.8. The molecule has 0 amide bonds. The Kier molecular flexibility index (Phi) is 4.49. The Hall–Kier alpha value is -1.47. The van der Waals surface area contributed by atoms with Crippen molar-refractivity contribution in [2.24, 2.45) is 0 Å². The van der Waals surface area contributed by atoms with Crippen LogP contribution in [-0.4, -0.2) is 52.1 Å². The maximum atomic E-state index is 10.9. The molecule has 106 valence electrons. The molecule has 0 radical (unpaired) electrons. The van der Waals surface area contributed by atoms with Crippen molar-refractivity contribution in [1.29, 1.82) is 0 Å². The standard InChI is InChI=1S/C12H21N5O2/c1-10-14-9-12(17(18)19)16(10)7-6-15-5-3-4-11(15)8-13-2/h9,11,13H,3-8H2,1-2H3. The van der Waals surface area contributed by atoms with Gasteiger partial charge in [0.05, 0.1) is 0 Å². The normalized spacial score (nSPS) is 20.0. The Morgan fingerprint density at radius 1 is 1.58 bits per heavy atom. The summed E-state index contributed by atoms with van der Waals surface area (Å²) in [5.41, 5.74) is 0. The quantitative estimate of drug-likeness (QED) is 0.609. The van der Waals surface area contributed by atoms with Gasteiger partial charge in [0.1, 0.15) is 12.7 Å². The van der Waals surface area contributed by atoms with Gasteiger partial charge in [-0.1, -0.05) is 0 Å². The minimum absolute atomic E-state index is 0.0851. The number of aryl methyl sites for hydroxylation is 1. The van der Waals surface area contributed by atoms with E-state index in [9.17, 15) is 10.1 Å². The number of nitrogens with zero attached hydrogens (tertiary/aromatic N) is 4. The molecule has 2 heterocycles. The van der Waals surface area contributed by atoms with Crippen LogP contribution in [0.3, 0.4) is 0 Å². The lowest BCUT2D eigenvalue weighted by Gasteiger charge is -2.23. The summed E-state index contributed by atoms with van der Waals surface area (Å²) in [6.07, 6.45) is 3.74. The molecule has 0 spiro atoms. The maximum absolute atomic E-state index is 10.9. The van der Waals surface area contributed by atoms with Crippen molar-refractivity contribution >= 4 is 5.82 Å². The van der Waals surface area contributed by atoms with Gasteiger partial charge in [0.2, 0.25) is 0 Å². The van der Waals surface area contributed by atoms with Crippen LogP contribution in [0.25, 0.3) is 0 Å². The van der Waals surface area contributed by atoms with Crippen molar-refractivity contribution in [3.8, 4) is 0 Å². The molecule has 0 saturated carbocycles. The van der Waals surface area contributed by atoms with E-state index in [-0.39, 0.29) is 10.7 Å². The van der Waals surface area contributed by atoms with Crippen LogP contribution in [0.1, 0.15) is 18.7 Å². The van der Waals surface area contributed by atoms with Gasteiger partial charge in [0, 0.05) is 26.1 Å². The number of hydrogen-bond acceptors (Lipinski definition) is 5. The fraction of sp³-hybridized carbons (Fsp3) is 0.750. The van der Waals surface area contributed by atoms with E-state index in [0.717, 1.165) is 19.6 Å². The van der Waals surface area contributed by atoms with E-state index in [1.54, 1.807) is 4.57 Å². The number of nitrogens with one attached hydrogen (secondary N) is 1. The smallest absolute Gasteiger partial charge is 0.342 e. The molecule has 1 aromatic rings. The van der Waals surface area contributed by atoms with Crippen LogP contribution in [0, 0.1) is 17.0 Å². The molecule has 1 fully saturated rings. The van der Waals surface area contributed by atoms with Crippen molar-refractivity contribution in [2.75, 3.05) is 26.7 Å². The van der Waals surface area contributed by atoms with Gasteiger partial charge in [-0.25, -0.2) is 9.55 Å². The van der Waals surface area contributed by atoms with Gasteiger partial charge in [-0.05, 0) is 31.4 Å². The highest BCUT2D eigenvalue weighted by Gasteiger charge is 2.25. The SMILES string of the molecule is CNCC1CCCN1CCn1c([N+](=O)[O-])cnc1C. The van der Waals surface area contributed by atoms with Crippen molar-refractivity contribution in [2.45, 2.75) is 32.4 Å². The molecule has 0 aliphatic carbocycles. The van der Waals surface area contributed by atoms with Gasteiger partial charge >= 0.3 is 5.82 Å². The monoisotopic (exact) mass is 267 g/mol. The van der Waals surface area contributed by atoms with Crippen molar-refractivity contribution < 1.29 is 4.92 Å². The molecule has 1 saturated heterocycles. The van der Waals surface area contributed by atoms with Gasteiger partial charge in [0.25, 0.3) is 0 Å². The number of likely N-dealkylation sites (N-methyl/N-ethyl adjacent to an activating group) is 1. The Bertz CT molecular complexity index is 445. The van der Waals surface area contributed by atoms with Crippen LogP contribution in [0.15, 0.2) is 6.20 Å². The van der Waals surface area contributed by atoms with Crippen LogP contribution in [-0.2, 0) is 6.54 Å². The first kappa shape index (κ1) is 14.0. The molecular weight excluding hydrogens is 246 g/mol. The number of imidazole rings is 1. The lowest BCUT2D eigenvalue weighted by atomic mass is 10.2. The first-order valence-electron chi connectivity index (χ1n) is 6.68. The maximum Gasteiger partial charge on any atom is 0.342 e. The molecule has 1 atom stereocenters. The number of nitro groups is 1. The van der Waals surface area contributed by atoms with Crippen molar-refractivity contribution in [1.82, 2.24) is 19.8 Å².